The Morgan fingerprint density at radius 3 is 2.81 bits per heavy atom. The van der Waals surface area contributed by atoms with Crippen molar-refractivity contribution in [1.29, 1.82) is 0 Å². The smallest absolute Gasteiger partial charge is 0.410 e. The fraction of sp³-hybridized carbons (Fsp3) is 0.429. The predicted molar refractivity (Wildman–Crippen MR) is 139 cm³/mol. The maximum absolute atomic E-state index is 13.4. The molecule has 188 valence electrons. The summed E-state index contributed by atoms with van der Waals surface area (Å²) in [5.74, 6) is 0.249. The molecule has 2 atom stereocenters. The van der Waals surface area contributed by atoms with Gasteiger partial charge in [0, 0.05) is 60.1 Å². The van der Waals surface area contributed by atoms with Gasteiger partial charge in [0.25, 0.3) is 5.91 Å². The lowest BCUT2D eigenvalue weighted by Crippen LogP contribution is -2.55. The maximum Gasteiger partial charge on any atom is 0.410 e. The summed E-state index contributed by atoms with van der Waals surface area (Å²) >= 11 is 6.83. The van der Waals surface area contributed by atoms with Crippen molar-refractivity contribution in [2.45, 2.75) is 51.5 Å². The van der Waals surface area contributed by atoms with Gasteiger partial charge in [0.05, 0.1) is 17.1 Å². The van der Waals surface area contributed by atoms with E-state index in [0.29, 0.717) is 37.7 Å². The van der Waals surface area contributed by atoms with Gasteiger partial charge in [-0.2, -0.15) is 0 Å². The van der Waals surface area contributed by atoms with E-state index >= 15 is 0 Å². The lowest BCUT2D eigenvalue weighted by atomic mass is 9.84. The number of nitrogens with zero attached hydrogens (tertiary/aromatic N) is 4. The number of rotatable bonds is 4. The number of hydrogen-bond acceptors (Lipinski definition) is 5. The zero-order valence-electron chi connectivity index (χ0n) is 20.7. The van der Waals surface area contributed by atoms with E-state index in [-0.39, 0.29) is 18.0 Å². The van der Waals surface area contributed by atoms with E-state index in [0.717, 1.165) is 58.6 Å². The molecule has 1 aromatic carbocycles. The van der Waals surface area contributed by atoms with Gasteiger partial charge in [-0.15, -0.1) is 0 Å². The van der Waals surface area contributed by atoms with Gasteiger partial charge >= 0.3 is 6.09 Å². The number of carbonyl (C=O) groups excluding carboxylic acids is 2. The molecule has 3 aromatic rings. The number of fused-ring (bicyclic) bond motifs is 2. The predicted octanol–water partition coefficient (Wildman–Crippen LogP) is 5.25. The van der Waals surface area contributed by atoms with Crippen molar-refractivity contribution in [2.24, 2.45) is 0 Å². The highest BCUT2D eigenvalue weighted by atomic mass is 35.5. The van der Waals surface area contributed by atoms with Crippen molar-refractivity contribution in [1.82, 2.24) is 19.8 Å². The molecule has 5 rings (SSSR count). The Morgan fingerprint density at radius 2 is 2.06 bits per heavy atom. The van der Waals surface area contributed by atoms with Gasteiger partial charge < -0.3 is 14.5 Å². The van der Waals surface area contributed by atoms with E-state index in [4.69, 9.17) is 21.3 Å². The first-order valence-electron chi connectivity index (χ1n) is 12.7. The van der Waals surface area contributed by atoms with E-state index < -0.39 is 0 Å². The van der Waals surface area contributed by atoms with Crippen LogP contribution in [0.3, 0.4) is 0 Å². The number of halogens is 1. The number of pyridine rings is 2. The molecule has 2 aromatic heterocycles. The van der Waals surface area contributed by atoms with Gasteiger partial charge in [-0.25, -0.2) is 4.79 Å². The van der Waals surface area contributed by atoms with E-state index in [2.05, 4.69) is 11.1 Å². The van der Waals surface area contributed by atoms with Gasteiger partial charge in [-0.1, -0.05) is 30.7 Å². The van der Waals surface area contributed by atoms with E-state index in [1.54, 1.807) is 9.80 Å². The Bertz CT molecular complexity index is 1280. The number of amides is 2. The highest BCUT2D eigenvalue weighted by Crippen LogP contribution is 2.37. The van der Waals surface area contributed by atoms with Crippen LogP contribution in [-0.4, -0.2) is 64.1 Å². The number of piperazine rings is 1. The Labute approximate surface area is 216 Å². The summed E-state index contributed by atoms with van der Waals surface area (Å²) in [5.41, 5.74) is 4.50. The van der Waals surface area contributed by atoms with Crippen LogP contribution in [-0.2, 0) is 17.6 Å². The minimum Gasteiger partial charge on any atom is -0.449 e. The van der Waals surface area contributed by atoms with Gasteiger partial charge in [0.1, 0.15) is 0 Å². The van der Waals surface area contributed by atoms with Crippen molar-refractivity contribution in [3.05, 3.63) is 70.1 Å². The van der Waals surface area contributed by atoms with Gasteiger partial charge in [0.2, 0.25) is 0 Å². The number of ether oxygens (including phenoxy) is 1. The molecule has 2 unspecified atom stereocenters. The second-order valence-corrected chi connectivity index (χ2v) is 10.1. The van der Waals surface area contributed by atoms with Gasteiger partial charge in [-0.05, 0) is 62.4 Å². The van der Waals surface area contributed by atoms with Crippen molar-refractivity contribution < 1.29 is 14.3 Å². The van der Waals surface area contributed by atoms with Gasteiger partial charge in [-0.3, -0.25) is 14.8 Å². The Balaban J connectivity index is 1.35. The molecule has 36 heavy (non-hydrogen) atoms. The quantitative estimate of drug-likeness (QED) is 0.483. The number of hydrogen-bond donors (Lipinski definition) is 0. The third kappa shape index (κ3) is 4.76. The molecule has 0 spiro atoms. The molecule has 0 N–H and O–H groups in total. The van der Waals surface area contributed by atoms with Crippen LogP contribution in [0.15, 0.2) is 42.6 Å². The maximum atomic E-state index is 13.4. The van der Waals surface area contributed by atoms with Gasteiger partial charge in [0.15, 0.2) is 0 Å². The van der Waals surface area contributed by atoms with Crippen LogP contribution in [0.2, 0.25) is 5.02 Å². The van der Waals surface area contributed by atoms with E-state index in [1.165, 1.54) is 0 Å². The van der Waals surface area contributed by atoms with Crippen LogP contribution in [0.4, 0.5) is 4.79 Å². The lowest BCUT2D eigenvalue weighted by Gasteiger charge is -2.39. The molecule has 0 bridgehead atoms. The van der Waals surface area contributed by atoms with E-state index in [1.807, 2.05) is 50.4 Å². The van der Waals surface area contributed by atoms with Crippen LogP contribution in [0.25, 0.3) is 10.9 Å². The minimum atomic E-state index is -0.310. The number of aromatic nitrogens is 2. The van der Waals surface area contributed by atoms with E-state index in [9.17, 15) is 9.59 Å². The summed E-state index contributed by atoms with van der Waals surface area (Å²) in [6.07, 6.45) is 4.94. The second kappa shape index (κ2) is 10.4. The zero-order valence-corrected chi connectivity index (χ0v) is 21.5. The topological polar surface area (TPSA) is 75.6 Å². The number of benzene rings is 1. The summed E-state index contributed by atoms with van der Waals surface area (Å²) in [6.45, 7) is 5.69. The minimum absolute atomic E-state index is 0.0627. The fourth-order valence-electron chi connectivity index (χ4n) is 5.26. The van der Waals surface area contributed by atoms with Crippen LogP contribution in [0, 0.1) is 0 Å². The Kier molecular flexibility index (Phi) is 7.10. The SMILES string of the molecule is CCCOC(=O)N1CCN(C(=O)c2ccc3c(Cl)c4c(nc3c2)CC(c2ccccn2)CC4)CC1C. The second-order valence-electron chi connectivity index (χ2n) is 9.69. The first-order chi connectivity index (χ1) is 17.5. The van der Waals surface area contributed by atoms with Crippen molar-refractivity contribution >= 4 is 34.5 Å². The normalized spacial score (nSPS) is 19.8. The monoisotopic (exact) mass is 506 g/mol. The first-order valence-corrected chi connectivity index (χ1v) is 13.1. The first kappa shape index (κ1) is 24.5. The molecule has 2 amide bonds. The molecule has 0 saturated carbocycles. The molecule has 7 nitrogen and oxygen atoms in total. The fourth-order valence-corrected chi connectivity index (χ4v) is 5.62. The molecule has 3 heterocycles. The van der Waals surface area contributed by atoms with Crippen molar-refractivity contribution in [3.63, 3.8) is 0 Å². The summed E-state index contributed by atoms with van der Waals surface area (Å²) in [6, 6.07) is 11.5. The summed E-state index contributed by atoms with van der Waals surface area (Å²) < 4.78 is 5.28. The highest BCUT2D eigenvalue weighted by molar-refractivity contribution is 6.36. The molecule has 2 aliphatic rings. The Hall–Kier alpha value is -3.19. The van der Waals surface area contributed by atoms with Crippen LogP contribution < -0.4 is 0 Å². The molecule has 1 aliphatic heterocycles. The molecule has 1 aliphatic carbocycles. The molecule has 0 radical (unpaired) electrons. The molecular weight excluding hydrogens is 476 g/mol. The van der Waals surface area contributed by atoms with Crippen molar-refractivity contribution in [2.75, 3.05) is 26.2 Å². The molecule has 8 heteroatoms. The summed E-state index contributed by atoms with van der Waals surface area (Å²) in [5, 5.41) is 1.61. The van der Waals surface area contributed by atoms with Crippen LogP contribution in [0.5, 0.6) is 0 Å². The third-order valence-electron chi connectivity index (χ3n) is 7.22. The largest absolute Gasteiger partial charge is 0.449 e. The lowest BCUT2D eigenvalue weighted by molar-refractivity contribution is 0.0412. The average molecular weight is 507 g/mol. The zero-order chi connectivity index (χ0) is 25.2. The van der Waals surface area contributed by atoms with Crippen LogP contribution >= 0.6 is 11.6 Å². The third-order valence-corrected chi connectivity index (χ3v) is 7.65. The standard InChI is InChI=1S/C28H31ClN4O3/c1-3-14-36-28(35)33-13-12-32(17-18(33)2)27(34)20-8-10-22-25(16-20)31-24-15-19(7-9-21(24)26(22)29)23-6-4-5-11-30-23/h4-6,8,10-11,16,18-19H,3,7,9,12-15,17H2,1-2H3. The van der Waals surface area contributed by atoms with Crippen molar-refractivity contribution in [3.8, 4) is 0 Å². The average Bonchev–Trinajstić information content (AvgIpc) is 2.91. The molecule has 1 saturated heterocycles. The van der Waals surface area contributed by atoms with Crippen LogP contribution in [0.1, 0.15) is 59.9 Å². The summed E-state index contributed by atoms with van der Waals surface area (Å²) in [4.78, 5) is 38.7. The molecular formula is C28H31ClN4O3. The highest BCUT2D eigenvalue weighted by Gasteiger charge is 2.31. The Morgan fingerprint density at radius 1 is 1.19 bits per heavy atom. The molecule has 1 fully saturated rings. The number of carbonyl (C=O) groups is 2. The summed E-state index contributed by atoms with van der Waals surface area (Å²) in [7, 11) is 0.